The highest BCUT2D eigenvalue weighted by Gasteiger charge is 2.12. The molecule has 1 aromatic heterocycles. The first-order chi connectivity index (χ1) is 13.0. The number of anilines is 1. The Balaban J connectivity index is 1.56. The van der Waals surface area contributed by atoms with Crippen molar-refractivity contribution < 1.29 is 4.79 Å². The highest BCUT2D eigenvalue weighted by atomic mass is 32.2. The lowest BCUT2D eigenvalue weighted by Gasteiger charge is -2.12. The Hall–Kier alpha value is -2.80. The number of carbonyl (C=O) groups excluding carboxylic acids is 1. The number of benzene rings is 2. The molecule has 0 radical (unpaired) electrons. The Morgan fingerprint density at radius 3 is 2.44 bits per heavy atom. The smallest absolute Gasteiger partial charge is 0.251 e. The van der Waals surface area contributed by atoms with Crippen molar-refractivity contribution in [2.75, 3.05) is 19.0 Å². The lowest BCUT2D eigenvalue weighted by Crippen LogP contribution is -2.24. The number of rotatable bonds is 7. The van der Waals surface area contributed by atoms with Crippen molar-refractivity contribution in [2.45, 2.75) is 17.5 Å². The number of nitrogens with zero attached hydrogens (tertiary/aromatic N) is 4. The number of nitrogens with one attached hydrogen (secondary N) is 1. The van der Waals surface area contributed by atoms with E-state index in [-0.39, 0.29) is 5.91 Å². The van der Waals surface area contributed by atoms with Crippen molar-refractivity contribution in [1.82, 2.24) is 20.1 Å². The number of hydrogen-bond donors (Lipinski definition) is 1. The van der Waals surface area contributed by atoms with Gasteiger partial charge in [-0.2, -0.15) is 0 Å². The summed E-state index contributed by atoms with van der Waals surface area (Å²) >= 11 is 1.63. The number of thioether (sulfide) groups is 1. The third-order valence-corrected chi connectivity index (χ3v) is 5.28. The molecular weight excluding hydrogens is 358 g/mol. The van der Waals surface area contributed by atoms with Crippen LogP contribution in [0, 0.1) is 0 Å². The molecule has 0 aliphatic carbocycles. The zero-order valence-electron chi connectivity index (χ0n) is 15.7. The molecule has 0 aliphatic heterocycles. The minimum Gasteiger partial charge on any atom is -0.378 e. The maximum absolute atomic E-state index is 12.3. The average molecular weight is 382 g/mol. The summed E-state index contributed by atoms with van der Waals surface area (Å²) in [6.45, 7) is 0.337. The molecule has 0 aliphatic rings. The van der Waals surface area contributed by atoms with Crippen LogP contribution >= 0.6 is 11.8 Å². The number of carbonyl (C=O) groups is 1. The average Bonchev–Trinajstić information content (AvgIpc) is 3.05. The van der Waals surface area contributed by atoms with Crippen LogP contribution in [0.25, 0.3) is 0 Å². The molecule has 0 bridgehead atoms. The molecule has 7 heteroatoms. The zero-order chi connectivity index (χ0) is 19.2. The van der Waals surface area contributed by atoms with Gasteiger partial charge in [-0.05, 0) is 29.8 Å². The largest absolute Gasteiger partial charge is 0.378 e. The molecule has 0 saturated heterocycles. The predicted octanol–water partition coefficient (Wildman–Crippen LogP) is 3.10. The van der Waals surface area contributed by atoms with Crippen LogP contribution in [0.5, 0.6) is 0 Å². The van der Waals surface area contributed by atoms with Gasteiger partial charge in [0.05, 0.1) is 6.54 Å². The van der Waals surface area contributed by atoms with Crippen molar-refractivity contribution in [3.63, 3.8) is 0 Å². The lowest BCUT2D eigenvalue weighted by atomic mass is 10.2. The molecule has 3 rings (SSSR count). The maximum Gasteiger partial charge on any atom is 0.251 e. The molecule has 0 atom stereocenters. The van der Waals surface area contributed by atoms with Crippen LogP contribution in [0.1, 0.15) is 21.7 Å². The zero-order valence-corrected chi connectivity index (χ0v) is 16.5. The fraction of sp³-hybridized carbons (Fsp3) is 0.250. The summed E-state index contributed by atoms with van der Waals surface area (Å²) in [6, 6.07) is 17.7. The van der Waals surface area contributed by atoms with Gasteiger partial charge in [-0.15, -0.1) is 10.2 Å². The van der Waals surface area contributed by atoms with E-state index in [9.17, 15) is 4.79 Å². The Kier molecular flexibility index (Phi) is 6.13. The van der Waals surface area contributed by atoms with Gasteiger partial charge in [-0.3, -0.25) is 4.79 Å². The first kappa shape index (κ1) is 19.0. The summed E-state index contributed by atoms with van der Waals surface area (Å²) in [6.07, 6.45) is 0. The van der Waals surface area contributed by atoms with Crippen LogP contribution in [0.3, 0.4) is 0 Å². The molecule has 6 nitrogen and oxygen atoms in total. The number of hydrogen-bond acceptors (Lipinski definition) is 5. The summed E-state index contributed by atoms with van der Waals surface area (Å²) in [7, 11) is 5.85. The Morgan fingerprint density at radius 1 is 1.07 bits per heavy atom. The Bertz CT molecular complexity index is 890. The minimum atomic E-state index is -0.123. The van der Waals surface area contributed by atoms with Crippen LogP contribution in [0.2, 0.25) is 0 Å². The second-order valence-electron chi connectivity index (χ2n) is 6.36. The minimum absolute atomic E-state index is 0.123. The van der Waals surface area contributed by atoms with Gasteiger partial charge in [0.25, 0.3) is 5.91 Å². The quantitative estimate of drug-likeness (QED) is 0.637. The summed E-state index contributed by atoms with van der Waals surface area (Å²) in [5.74, 6) is 1.43. The summed E-state index contributed by atoms with van der Waals surface area (Å²) < 4.78 is 1.92. The normalized spacial score (nSPS) is 10.6. The van der Waals surface area contributed by atoms with Crippen LogP contribution in [0.4, 0.5) is 5.69 Å². The molecular formula is C20H23N5OS. The van der Waals surface area contributed by atoms with Gasteiger partial charge >= 0.3 is 0 Å². The molecule has 1 amide bonds. The molecule has 140 valence electrons. The fourth-order valence-electron chi connectivity index (χ4n) is 2.52. The van der Waals surface area contributed by atoms with E-state index < -0.39 is 0 Å². The second kappa shape index (κ2) is 8.73. The Labute approximate surface area is 163 Å². The molecule has 2 aromatic carbocycles. The standard InChI is InChI=1S/C20H23N5OS/c1-24(2)17-11-9-16(10-12-17)19(26)21-13-18-22-23-20(25(18)3)27-14-15-7-5-4-6-8-15/h4-12H,13-14H2,1-3H3,(H,21,26). The Morgan fingerprint density at radius 2 is 1.78 bits per heavy atom. The molecule has 0 fully saturated rings. The first-order valence-electron chi connectivity index (χ1n) is 8.65. The van der Waals surface area contributed by atoms with Crippen molar-refractivity contribution in [2.24, 2.45) is 7.05 Å². The monoisotopic (exact) mass is 381 g/mol. The third-order valence-electron chi connectivity index (χ3n) is 4.19. The fourth-order valence-corrected chi connectivity index (χ4v) is 3.40. The van der Waals surface area contributed by atoms with Gasteiger partial charge in [0.15, 0.2) is 11.0 Å². The molecule has 1 N–H and O–H groups in total. The van der Waals surface area contributed by atoms with Gasteiger partial charge in [-0.1, -0.05) is 42.1 Å². The molecule has 0 saturated carbocycles. The second-order valence-corrected chi connectivity index (χ2v) is 7.30. The number of amides is 1. The summed E-state index contributed by atoms with van der Waals surface area (Å²) in [5, 5.41) is 12.2. The van der Waals surface area contributed by atoms with Crippen molar-refractivity contribution in [3.05, 3.63) is 71.5 Å². The van der Waals surface area contributed by atoms with Gasteiger partial charge in [0, 0.05) is 38.1 Å². The molecule has 27 heavy (non-hydrogen) atoms. The summed E-state index contributed by atoms with van der Waals surface area (Å²) in [4.78, 5) is 14.3. The van der Waals surface area contributed by atoms with E-state index >= 15 is 0 Å². The SMILES string of the molecule is CN(C)c1ccc(C(=O)NCc2nnc(SCc3ccccc3)n2C)cc1. The lowest BCUT2D eigenvalue weighted by molar-refractivity contribution is 0.0949. The van der Waals surface area contributed by atoms with Gasteiger partial charge in [-0.25, -0.2) is 0 Å². The van der Waals surface area contributed by atoms with Crippen LogP contribution < -0.4 is 10.2 Å². The third kappa shape index (κ3) is 4.89. The first-order valence-corrected chi connectivity index (χ1v) is 9.63. The highest BCUT2D eigenvalue weighted by Crippen LogP contribution is 2.21. The highest BCUT2D eigenvalue weighted by molar-refractivity contribution is 7.98. The van der Waals surface area contributed by atoms with E-state index in [1.54, 1.807) is 11.8 Å². The van der Waals surface area contributed by atoms with E-state index in [1.165, 1.54) is 5.56 Å². The van der Waals surface area contributed by atoms with E-state index in [0.29, 0.717) is 12.1 Å². The van der Waals surface area contributed by atoms with Gasteiger partial charge in [0.2, 0.25) is 0 Å². The molecule has 0 unspecified atom stereocenters. The van der Waals surface area contributed by atoms with Crippen molar-refractivity contribution in [1.29, 1.82) is 0 Å². The summed E-state index contributed by atoms with van der Waals surface area (Å²) in [5.41, 5.74) is 2.92. The van der Waals surface area contributed by atoms with E-state index in [4.69, 9.17) is 0 Å². The van der Waals surface area contributed by atoms with Gasteiger partial charge in [0.1, 0.15) is 0 Å². The van der Waals surface area contributed by atoms with Crippen LogP contribution in [0.15, 0.2) is 59.8 Å². The topological polar surface area (TPSA) is 63.1 Å². The van der Waals surface area contributed by atoms with Crippen LogP contribution in [-0.2, 0) is 19.3 Å². The van der Waals surface area contributed by atoms with E-state index in [2.05, 4.69) is 27.6 Å². The number of aromatic nitrogens is 3. The van der Waals surface area contributed by atoms with Crippen molar-refractivity contribution in [3.8, 4) is 0 Å². The molecule has 0 spiro atoms. The van der Waals surface area contributed by atoms with E-state index in [0.717, 1.165) is 22.4 Å². The van der Waals surface area contributed by atoms with E-state index in [1.807, 2.05) is 73.1 Å². The van der Waals surface area contributed by atoms with Crippen molar-refractivity contribution >= 4 is 23.4 Å². The molecule has 1 heterocycles. The molecule has 3 aromatic rings. The maximum atomic E-state index is 12.3. The van der Waals surface area contributed by atoms with Crippen LogP contribution in [-0.4, -0.2) is 34.8 Å². The van der Waals surface area contributed by atoms with Gasteiger partial charge < -0.3 is 14.8 Å². The predicted molar refractivity (Wildman–Crippen MR) is 109 cm³/mol.